The average Bonchev–Trinajstić information content (AvgIpc) is 2.96. The lowest BCUT2D eigenvalue weighted by Crippen LogP contribution is -2.26. The molecule has 2 atom stereocenters. The highest BCUT2D eigenvalue weighted by molar-refractivity contribution is 6.30. The highest BCUT2D eigenvalue weighted by Crippen LogP contribution is 2.44. The summed E-state index contributed by atoms with van der Waals surface area (Å²) < 4.78 is 5.32. The standard InChI is InChI=1S/C26H23ClN2O2/c1-31-20-12-8-17(9-13-20)26-25-23(28-21-4-2-3-5-22(21)29-26)14-18(15-24(25)30)16-6-10-19(27)11-7-16/h2-13,18,26,28-29H,14-15H2,1H3/t18-,26-/m0/s1. The second-order valence-corrected chi connectivity index (χ2v) is 8.43. The molecule has 0 saturated carbocycles. The number of methoxy groups -OCH3 is 1. The maximum Gasteiger partial charge on any atom is 0.163 e. The van der Waals surface area contributed by atoms with E-state index >= 15 is 0 Å². The number of anilines is 2. The molecule has 0 fully saturated rings. The van der Waals surface area contributed by atoms with Gasteiger partial charge in [0.2, 0.25) is 0 Å². The monoisotopic (exact) mass is 430 g/mol. The number of para-hydroxylation sites is 2. The molecular formula is C26H23ClN2O2. The SMILES string of the molecule is COc1ccc([C@@H]2Nc3ccccc3NC3=C2C(=O)C[C@@H](c2ccc(Cl)cc2)C3)cc1. The van der Waals surface area contributed by atoms with Crippen molar-refractivity contribution in [3.63, 3.8) is 0 Å². The first-order valence-corrected chi connectivity index (χ1v) is 10.8. The zero-order valence-electron chi connectivity index (χ0n) is 17.2. The number of halogens is 1. The topological polar surface area (TPSA) is 50.4 Å². The summed E-state index contributed by atoms with van der Waals surface area (Å²) in [6, 6.07) is 23.6. The molecule has 0 radical (unpaired) electrons. The Hall–Kier alpha value is -3.24. The molecular weight excluding hydrogens is 408 g/mol. The van der Waals surface area contributed by atoms with Crippen LogP contribution in [-0.4, -0.2) is 12.9 Å². The van der Waals surface area contributed by atoms with Crippen LogP contribution < -0.4 is 15.4 Å². The van der Waals surface area contributed by atoms with Gasteiger partial charge < -0.3 is 15.4 Å². The molecule has 1 aliphatic heterocycles. The van der Waals surface area contributed by atoms with E-state index in [1.54, 1.807) is 7.11 Å². The predicted molar refractivity (Wildman–Crippen MR) is 125 cm³/mol. The number of fused-ring (bicyclic) bond motifs is 1. The molecule has 0 aromatic heterocycles. The number of rotatable bonds is 3. The molecule has 31 heavy (non-hydrogen) atoms. The third-order valence-electron chi connectivity index (χ3n) is 6.10. The van der Waals surface area contributed by atoms with Gasteiger partial charge in [0.1, 0.15) is 5.75 Å². The normalized spacial score (nSPS) is 20.1. The number of benzene rings is 3. The Bertz CT molecular complexity index is 1150. The molecule has 0 saturated heterocycles. The minimum absolute atomic E-state index is 0.123. The summed E-state index contributed by atoms with van der Waals surface area (Å²) in [5, 5.41) is 7.88. The fraction of sp³-hybridized carbons (Fsp3) is 0.192. The van der Waals surface area contributed by atoms with Gasteiger partial charge in [-0.2, -0.15) is 0 Å². The quantitative estimate of drug-likeness (QED) is 0.509. The van der Waals surface area contributed by atoms with Crippen LogP contribution in [0.25, 0.3) is 0 Å². The number of hydrogen-bond acceptors (Lipinski definition) is 4. The maximum atomic E-state index is 13.5. The van der Waals surface area contributed by atoms with Crippen molar-refractivity contribution in [3.05, 3.63) is 100 Å². The zero-order valence-corrected chi connectivity index (χ0v) is 17.9. The molecule has 156 valence electrons. The summed E-state index contributed by atoms with van der Waals surface area (Å²) in [5.74, 6) is 1.08. The van der Waals surface area contributed by atoms with E-state index in [1.807, 2.05) is 72.8 Å². The van der Waals surface area contributed by atoms with E-state index in [2.05, 4.69) is 10.6 Å². The molecule has 2 aliphatic rings. The number of nitrogens with one attached hydrogen (secondary N) is 2. The van der Waals surface area contributed by atoms with Crippen LogP contribution in [0.4, 0.5) is 11.4 Å². The Balaban J connectivity index is 1.58. The van der Waals surface area contributed by atoms with Gasteiger partial charge in [-0.05, 0) is 59.9 Å². The first kappa shape index (κ1) is 19.7. The molecule has 2 N–H and O–H groups in total. The predicted octanol–water partition coefficient (Wildman–Crippen LogP) is 6.33. The Morgan fingerprint density at radius 1 is 0.871 bits per heavy atom. The van der Waals surface area contributed by atoms with E-state index in [1.165, 1.54) is 0 Å². The fourth-order valence-electron chi connectivity index (χ4n) is 4.51. The Morgan fingerprint density at radius 2 is 1.55 bits per heavy atom. The number of Topliss-reactive ketones (excluding diaryl/α,β-unsaturated/α-hetero) is 1. The Labute approximate surface area is 186 Å². The first-order valence-electron chi connectivity index (χ1n) is 10.4. The summed E-state index contributed by atoms with van der Waals surface area (Å²) in [4.78, 5) is 13.5. The van der Waals surface area contributed by atoms with Crippen LogP contribution in [0.5, 0.6) is 5.75 Å². The molecule has 0 unspecified atom stereocenters. The van der Waals surface area contributed by atoms with Gasteiger partial charge in [-0.15, -0.1) is 0 Å². The number of carbonyl (C=O) groups is 1. The minimum Gasteiger partial charge on any atom is -0.497 e. The van der Waals surface area contributed by atoms with Crippen LogP contribution >= 0.6 is 11.6 Å². The van der Waals surface area contributed by atoms with Crippen molar-refractivity contribution in [1.29, 1.82) is 0 Å². The van der Waals surface area contributed by atoms with Crippen molar-refractivity contribution in [3.8, 4) is 5.75 Å². The van der Waals surface area contributed by atoms with Crippen LogP contribution in [0.1, 0.15) is 35.9 Å². The molecule has 3 aromatic rings. The lowest BCUT2D eigenvalue weighted by atomic mass is 9.78. The van der Waals surface area contributed by atoms with E-state index in [-0.39, 0.29) is 17.7 Å². The van der Waals surface area contributed by atoms with E-state index in [0.29, 0.717) is 11.4 Å². The molecule has 0 bridgehead atoms. The first-order chi connectivity index (χ1) is 15.1. The van der Waals surface area contributed by atoms with E-state index in [0.717, 1.165) is 45.9 Å². The van der Waals surface area contributed by atoms with Gasteiger partial charge >= 0.3 is 0 Å². The van der Waals surface area contributed by atoms with Gasteiger partial charge in [-0.1, -0.05) is 48.0 Å². The van der Waals surface area contributed by atoms with E-state index in [9.17, 15) is 4.79 Å². The smallest absolute Gasteiger partial charge is 0.163 e. The van der Waals surface area contributed by atoms with Crippen molar-refractivity contribution in [2.75, 3.05) is 17.7 Å². The van der Waals surface area contributed by atoms with Gasteiger partial charge in [0.25, 0.3) is 0 Å². The van der Waals surface area contributed by atoms with Gasteiger partial charge in [-0.3, -0.25) is 4.79 Å². The van der Waals surface area contributed by atoms with Crippen LogP contribution in [0, 0.1) is 0 Å². The van der Waals surface area contributed by atoms with Crippen molar-refractivity contribution in [2.24, 2.45) is 0 Å². The Morgan fingerprint density at radius 3 is 2.26 bits per heavy atom. The van der Waals surface area contributed by atoms with Gasteiger partial charge in [0.05, 0.1) is 24.5 Å². The van der Waals surface area contributed by atoms with Gasteiger partial charge in [0, 0.05) is 22.7 Å². The van der Waals surface area contributed by atoms with Crippen LogP contribution in [0.3, 0.4) is 0 Å². The fourth-order valence-corrected chi connectivity index (χ4v) is 4.64. The number of carbonyl (C=O) groups excluding carboxylic acids is 1. The number of ether oxygens (including phenoxy) is 1. The van der Waals surface area contributed by atoms with Crippen molar-refractivity contribution < 1.29 is 9.53 Å². The Kier molecular flexibility index (Phi) is 5.16. The third kappa shape index (κ3) is 3.79. The van der Waals surface area contributed by atoms with Gasteiger partial charge in [-0.25, -0.2) is 0 Å². The summed E-state index contributed by atoms with van der Waals surface area (Å²) in [6.07, 6.45) is 1.25. The maximum absolute atomic E-state index is 13.5. The molecule has 0 amide bonds. The highest BCUT2D eigenvalue weighted by Gasteiger charge is 2.36. The lowest BCUT2D eigenvalue weighted by molar-refractivity contribution is -0.116. The summed E-state index contributed by atoms with van der Waals surface area (Å²) in [5.41, 5.74) is 5.92. The summed E-state index contributed by atoms with van der Waals surface area (Å²) in [6.45, 7) is 0. The summed E-state index contributed by atoms with van der Waals surface area (Å²) in [7, 11) is 1.65. The van der Waals surface area contributed by atoms with Crippen molar-refractivity contribution in [2.45, 2.75) is 24.8 Å². The summed E-state index contributed by atoms with van der Waals surface area (Å²) >= 11 is 6.07. The lowest BCUT2D eigenvalue weighted by Gasteiger charge is -2.30. The van der Waals surface area contributed by atoms with Crippen LogP contribution in [-0.2, 0) is 4.79 Å². The van der Waals surface area contributed by atoms with E-state index < -0.39 is 0 Å². The number of allylic oxidation sites excluding steroid dienone is 1. The highest BCUT2D eigenvalue weighted by atomic mass is 35.5. The largest absolute Gasteiger partial charge is 0.497 e. The van der Waals surface area contributed by atoms with Gasteiger partial charge in [0.15, 0.2) is 5.78 Å². The second-order valence-electron chi connectivity index (χ2n) is 7.99. The zero-order chi connectivity index (χ0) is 21.4. The molecule has 5 rings (SSSR count). The number of ketones is 1. The molecule has 5 heteroatoms. The van der Waals surface area contributed by atoms with Crippen molar-refractivity contribution >= 4 is 28.8 Å². The molecule has 0 spiro atoms. The average molecular weight is 431 g/mol. The van der Waals surface area contributed by atoms with Crippen LogP contribution in [0.2, 0.25) is 5.02 Å². The van der Waals surface area contributed by atoms with Crippen LogP contribution in [0.15, 0.2) is 84.1 Å². The second kappa shape index (κ2) is 8.12. The molecule has 4 nitrogen and oxygen atoms in total. The molecule has 1 aliphatic carbocycles. The molecule has 3 aromatic carbocycles. The van der Waals surface area contributed by atoms with E-state index in [4.69, 9.17) is 16.3 Å². The number of hydrogen-bond donors (Lipinski definition) is 2. The minimum atomic E-state index is -0.226. The molecule has 1 heterocycles. The third-order valence-corrected chi connectivity index (χ3v) is 6.35. The van der Waals surface area contributed by atoms with Crippen molar-refractivity contribution in [1.82, 2.24) is 0 Å².